The van der Waals surface area contributed by atoms with Gasteiger partial charge in [-0.1, -0.05) is 26.8 Å². The first-order chi connectivity index (χ1) is 6.58. The zero-order valence-corrected chi connectivity index (χ0v) is 9.56. The predicted octanol–water partition coefficient (Wildman–Crippen LogP) is 2.94. The molecule has 1 rings (SSSR count). The van der Waals surface area contributed by atoms with Gasteiger partial charge in [-0.05, 0) is 24.0 Å². The first kappa shape index (κ1) is 11.2. The van der Waals surface area contributed by atoms with E-state index < -0.39 is 0 Å². The Hall–Kier alpha value is -0.900. The highest BCUT2D eigenvalue weighted by Crippen LogP contribution is 2.17. The van der Waals surface area contributed by atoms with Gasteiger partial charge in [0.05, 0.1) is 0 Å². The minimum atomic E-state index is 0.344. The van der Waals surface area contributed by atoms with Crippen molar-refractivity contribution in [2.24, 2.45) is 11.3 Å². The van der Waals surface area contributed by atoms with Crippen molar-refractivity contribution in [3.8, 4) is 11.8 Å². The Balaban J connectivity index is 2.25. The van der Waals surface area contributed by atoms with Crippen molar-refractivity contribution in [3.05, 3.63) is 12.3 Å². The van der Waals surface area contributed by atoms with Crippen LogP contribution < -0.4 is 5.32 Å². The maximum Gasteiger partial charge on any atom is 0.0153 e. The van der Waals surface area contributed by atoms with Crippen LogP contribution in [0.25, 0.3) is 0 Å². The summed E-state index contributed by atoms with van der Waals surface area (Å²) < 4.78 is 0. The minimum Gasteiger partial charge on any atom is -0.391 e. The largest absolute Gasteiger partial charge is 0.391 e. The molecule has 1 nitrogen and oxygen atoms in total. The molecule has 0 bridgehead atoms. The van der Waals surface area contributed by atoms with E-state index in [2.05, 4.69) is 50.2 Å². The van der Waals surface area contributed by atoms with Crippen molar-refractivity contribution in [2.45, 2.75) is 40.0 Å². The van der Waals surface area contributed by atoms with Crippen LogP contribution in [0.2, 0.25) is 0 Å². The van der Waals surface area contributed by atoms with E-state index in [-0.39, 0.29) is 0 Å². The van der Waals surface area contributed by atoms with Gasteiger partial charge in [-0.15, -0.1) is 11.8 Å². The molecule has 1 aliphatic heterocycles. The third-order valence-corrected chi connectivity index (χ3v) is 2.25. The maximum atomic E-state index is 3.28. The van der Waals surface area contributed by atoms with Gasteiger partial charge in [-0.3, -0.25) is 0 Å². The molecule has 0 radical (unpaired) electrons. The molecule has 1 heterocycles. The first-order valence-electron chi connectivity index (χ1n) is 5.44. The molecule has 78 valence electrons. The maximum absolute atomic E-state index is 3.28. The summed E-state index contributed by atoms with van der Waals surface area (Å²) in [4.78, 5) is 0. The van der Waals surface area contributed by atoms with E-state index in [1.807, 2.05) is 0 Å². The van der Waals surface area contributed by atoms with Crippen molar-refractivity contribution < 1.29 is 0 Å². The monoisotopic (exact) mass is 191 g/mol. The van der Waals surface area contributed by atoms with Crippen molar-refractivity contribution in [3.63, 3.8) is 0 Å². The Kier molecular flexibility index (Phi) is 4.07. The summed E-state index contributed by atoms with van der Waals surface area (Å²) in [6, 6.07) is 0. The fourth-order valence-electron chi connectivity index (χ4n) is 1.35. The van der Waals surface area contributed by atoms with Crippen LogP contribution in [0, 0.1) is 23.2 Å². The van der Waals surface area contributed by atoms with Crippen LogP contribution in [-0.2, 0) is 0 Å². The molecule has 0 aromatic carbocycles. The second-order valence-electron chi connectivity index (χ2n) is 5.16. The van der Waals surface area contributed by atoms with E-state index in [0.29, 0.717) is 11.3 Å². The van der Waals surface area contributed by atoms with Gasteiger partial charge in [-0.25, -0.2) is 0 Å². The summed E-state index contributed by atoms with van der Waals surface area (Å²) in [7, 11) is 0. The van der Waals surface area contributed by atoms with Gasteiger partial charge in [-0.2, -0.15) is 0 Å². The summed E-state index contributed by atoms with van der Waals surface area (Å²) in [5.41, 5.74) is 0.344. The summed E-state index contributed by atoms with van der Waals surface area (Å²) in [6.07, 6.45) is 7.53. The number of hydrogen-bond acceptors (Lipinski definition) is 1. The summed E-state index contributed by atoms with van der Waals surface area (Å²) in [5.74, 6) is 7.22. The lowest BCUT2D eigenvalue weighted by atomic mass is 9.92. The number of allylic oxidation sites excluding steroid dienone is 1. The van der Waals surface area contributed by atoms with Gasteiger partial charge in [0.2, 0.25) is 0 Å². The normalized spacial score (nSPS) is 20.9. The molecule has 1 heteroatoms. The number of rotatable bonds is 1. The van der Waals surface area contributed by atoms with Crippen LogP contribution in [0.4, 0.5) is 0 Å². The van der Waals surface area contributed by atoms with Crippen LogP contribution in [0.3, 0.4) is 0 Å². The standard InChI is InChI=1S/C13H21N/c1-13(2,3)9-5-4-6-12-7-10-14-11-8-12/h7,10,12,14H,6,8-9,11H2,1-3H3. The molecular weight excluding hydrogens is 170 g/mol. The molecule has 1 atom stereocenters. The van der Waals surface area contributed by atoms with E-state index in [1.165, 1.54) is 6.42 Å². The lowest BCUT2D eigenvalue weighted by Gasteiger charge is -2.15. The average Bonchev–Trinajstić information content (AvgIpc) is 2.13. The molecule has 1 unspecified atom stereocenters. The molecule has 1 N–H and O–H groups in total. The van der Waals surface area contributed by atoms with Gasteiger partial charge in [0.1, 0.15) is 0 Å². The lowest BCUT2D eigenvalue weighted by molar-refractivity contribution is 0.427. The molecule has 0 aliphatic carbocycles. The third-order valence-electron chi connectivity index (χ3n) is 2.25. The van der Waals surface area contributed by atoms with Crippen molar-refractivity contribution >= 4 is 0 Å². The SMILES string of the molecule is CC(C)(C)CC#CCC1C=CNCC1. The van der Waals surface area contributed by atoms with Crippen molar-refractivity contribution in [1.29, 1.82) is 0 Å². The van der Waals surface area contributed by atoms with Crippen molar-refractivity contribution in [2.75, 3.05) is 6.54 Å². The number of hydrogen-bond donors (Lipinski definition) is 1. The molecule has 0 saturated carbocycles. The zero-order valence-electron chi connectivity index (χ0n) is 9.56. The fraction of sp³-hybridized carbons (Fsp3) is 0.692. The van der Waals surface area contributed by atoms with E-state index in [9.17, 15) is 0 Å². The molecule has 0 aromatic rings. The molecule has 14 heavy (non-hydrogen) atoms. The van der Waals surface area contributed by atoms with Gasteiger partial charge < -0.3 is 5.32 Å². The van der Waals surface area contributed by atoms with Crippen LogP contribution in [0.1, 0.15) is 40.0 Å². The molecule has 0 spiro atoms. The zero-order chi connectivity index (χ0) is 10.4. The lowest BCUT2D eigenvalue weighted by Crippen LogP contribution is -2.16. The Morgan fingerprint density at radius 1 is 1.36 bits per heavy atom. The molecular formula is C13H21N. The highest BCUT2D eigenvalue weighted by Gasteiger charge is 2.07. The third kappa shape index (κ3) is 4.97. The van der Waals surface area contributed by atoms with Gasteiger partial charge >= 0.3 is 0 Å². The second-order valence-corrected chi connectivity index (χ2v) is 5.16. The molecule has 0 saturated heterocycles. The van der Waals surface area contributed by atoms with E-state index in [4.69, 9.17) is 0 Å². The number of nitrogens with one attached hydrogen (secondary N) is 1. The van der Waals surface area contributed by atoms with Crippen LogP contribution in [-0.4, -0.2) is 6.54 Å². The highest BCUT2D eigenvalue weighted by atomic mass is 14.8. The highest BCUT2D eigenvalue weighted by molar-refractivity contribution is 5.05. The predicted molar refractivity (Wildman–Crippen MR) is 61.7 cm³/mol. The van der Waals surface area contributed by atoms with E-state index in [0.717, 1.165) is 19.4 Å². The fourth-order valence-corrected chi connectivity index (χ4v) is 1.35. The quantitative estimate of drug-likeness (QED) is 0.628. The minimum absolute atomic E-state index is 0.344. The van der Waals surface area contributed by atoms with Crippen LogP contribution in [0.15, 0.2) is 12.3 Å². The Labute approximate surface area is 88.0 Å². The summed E-state index contributed by atoms with van der Waals surface area (Å²) in [5, 5.41) is 3.20. The van der Waals surface area contributed by atoms with Crippen LogP contribution >= 0.6 is 0 Å². The van der Waals surface area contributed by atoms with Crippen LogP contribution in [0.5, 0.6) is 0 Å². The molecule has 0 amide bonds. The summed E-state index contributed by atoms with van der Waals surface area (Å²) >= 11 is 0. The van der Waals surface area contributed by atoms with Gasteiger partial charge in [0.25, 0.3) is 0 Å². The average molecular weight is 191 g/mol. The van der Waals surface area contributed by atoms with E-state index in [1.54, 1.807) is 0 Å². The van der Waals surface area contributed by atoms with Crippen molar-refractivity contribution in [1.82, 2.24) is 5.32 Å². The molecule has 0 aromatic heterocycles. The summed E-state index contributed by atoms with van der Waals surface area (Å²) in [6.45, 7) is 7.78. The Bertz CT molecular complexity index is 247. The smallest absolute Gasteiger partial charge is 0.0153 e. The van der Waals surface area contributed by atoms with Gasteiger partial charge in [0, 0.05) is 19.4 Å². The topological polar surface area (TPSA) is 12.0 Å². The Morgan fingerprint density at radius 2 is 2.14 bits per heavy atom. The molecule has 0 fully saturated rings. The Morgan fingerprint density at radius 3 is 2.71 bits per heavy atom. The molecule has 1 aliphatic rings. The second kappa shape index (κ2) is 5.10. The first-order valence-corrected chi connectivity index (χ1v) is 5.44. The van der Waals surface area contributed by atoms with E-state index >= 15 is 0 Å². The van der Waals surface area contributed by atoms with Gasteiger partial charge in [0.15, 0.2) is 0 Å².